The van der Waals surface area contributed by atoms with Crippen molar-refractivity contribution in [2.45, 2.75) is 6.54 Å². The van der Waals surface area contributed by atoms with Crippen molar-refractivity contribution in [3.05, 3.63) is 33.9 Å². The summed E-state index contributed by atoms with van der Waals surface area (Å²) in [5.74, 6) is -0.283. The SMILES string of the molecule is CN(C)Cc1ccc([N+](=O)[O-])c(O)c1. The van der Waals surface area contributed by atoms with Gasteiger partial charge in [0.15, 0.2) is 5.75 Å². The number of hydrogen-bond acceptors (Lipinski definition) is 4. The first-order valence-electron chi connectivity index (χ1n) is 4.11. The van der Waals surface area contributed by atoms with E-state index in [0.29, 0.717) is 6.54 Å². The fraction of sp³-hybridized carbons (Fsp3) is 0.333. The summed E-state index contributed by atoms with van der Waals surface area (Å²) in [4.78, 5) is 11.7. The Morgan fingerprint density at radius 3 is 2.57 bits per heavy atom. The van der Waals surface area contributed by atoms with Gasteiger partial charge < -0.3 is 10.0 Å². The summed E-state index contributed by atoms with van der Waals surface area (Å²) in [5, 5.41) is 19.7. The topological polar surface area (TPSA) is 66.6 Å². The zero-order chi connectivity index (χ0) is 10.7. The minimum Gasteiger partial charge on any atom is -0.502 e. The highest BCUT2D eigenvalue weighted by Crippen LogP contribution is 2.26. The summed E-state index contributed by atoms with van der Waals surface area (Å²) in [6.07, 6.45) is 0. The van der Waals surface area contributed by atoms with Gasteiger partial charge in [-0.1, -0.05) is 6.07 Å². The Balaban J connectivity index is 2.94. The van der Waals surface area contributed by atoms with Crippen molar-refractivity contribution in [2.75, 3.05) is 14.1 Å². The van der Waals surface area contributed by atoms with E-state index in [4.69, 9.17) is 0 Å². The van der Waals surface area contributed by atoms with Gasteiger partial charge in [0.25, 0.3) is 0 Å². The van der Waals surface area contributed by atoms with Crippen molar-refractivity contribution in [3.8, 4) is 5.75 Å². The third-order valence-electron chi connectivity index (χ3n) is 1.74. The highest BCUT2D eigenvalue weighted by atomic mass is 16.6. The summed E-state index contributed by atoms with van der Waals surface area (Å²) in [6, 6.07) is 4.37. The van der Waals surface area contributed by atoms with Gasteiger partial charge >= 0.3 is 5.69 Å². The molecule has 0 radical (unpaired) electrons. The zero-order valence-electron chi connectivity index (χ0n) is 8.10. The van der Waals surface area contributed by atoms with Crippen LogP contribution in [0.1, 0.15) is 5.56 Å². The van der Waals surface area contributed by atoms with Crippen LogP contribution >= 0.6 is 0 Å². The van der Waals surface area contributed by atoms with E-state index in [1.807, 2.05) is 19.0 Å². The van der Waals surface area contributed by atoms with E-state index >= 15 is 0 Å². The van der Waals surface area contributed by atoms with E-state index in [1.54, 1.807) is 6.07 Å². The van der Waals surface area contributed by atoms with E-state index in [9.17, 15) is 15.2 Å². The lowest BCUT2D eigenvalue weighted by Gasteiger charge is -2.09. The van der Waals surface area contributed by atoms with Crippen molar-refractivity contribution in [1.82, 2.24) is 4.90 Å². The average Bonchev–Trinajstić information content (AvgIpc) is 2.01. The molecule has 0 aromatic heterocycles. The summed E-state index contributed by atoms with van der Waals surface area (Å²) >= 11 is 0. The van der Waals surface area contributed by atoms with Gasteiger partial charge in [-0.15, -0.1) is 0 Å². The molecule has 0 atom stereocenters. The molecule has 0 fully saturated rings. The Hall–Kier alpha value is -1.62. The molecule has 76 valence electrons. The van der Waals surface area contributed by atoms with Gasteiger partial charge in [0.05, 0.1) is 4.92 Å². The number of phenols is 1. The quantitative estimate of drug-likeness (QED) is 0.585. The van der Waals surface area contributed by atoms with Crippen LogP contribution in [0, 0.1) is 10.1 Å². The Morgan fingerprint density at radius 1 is 1.50 bits per heavy atom. The maximum absolute atomic E-state index is 10.4. The standard InChI is InChI=1S/C9H12N2O3/c1-10(2)6-7-3-4-8(11(13)14)9(12)5-7/h3-5,12H,6H2,1-2H3. The largest absolute Gasteiger partial charge is 0.502 e. The first kappa shape index (κ1) is 10.5. The fourth-order valence-corrected chi connectivity index (χ4v) is 1.19. The summed E-state index contributed by atoms with van der Waals surface area (Å²) in [6.45, 7) is 0.644. The maximum Gasteiger partial charge on any atom is 0.310 e. The fourth-order valence-electron chi connectivity index (χ4n) is 1.19. The van der Waals surface area contributed by atoms with Crippen molar-refractivity contribution < 1.29 is 10.0 Å². The van der Waals surface area contributed by atoms with Gasteiger partial charge in [0, 0.05) is 12.6 Å². The number of rotatable bonds is 3. The average molecular weight is 196 g/mol. The molecule has 0 amide bonds. The van der Waals surface area contributed by atoms with E-state index in [2.05, 4.69) is 0 Å². The molecule has 0 saturated carbocycles. The van der Waals surface area contributed by atoms with Crippen LogP contribution in [0.4, 0.5) is 5.69 Å². The Morgan fingerprint density at radius 2 is 2.14 bits per heavy atom. The third kappa shape index (κ3) is 2.43. The molecule has 5 heteroatoms. The second-order valence-electron chi connectivity index (χ2n) is 3.32. The molecule has 0 spiro atoms. The van der Waals surface area contributed by atoms with E-state index in [0.717, 1.165) is 5.56 Å². The molecule has 0 aliphatic rings. The molecule has 1 aromatic rings. The first-order valence-corrected chi connectivity index (χ1v) is 4.11. The number of phenolic OH excluding ortho intramolecular Hbond substituents is 1. The number of aromatic hydroxyl groups is 1. The highest BCUT2D eigenvalue weighted by molar-refractivity contribution is 5.47. The normalized spacial score (nSPS) is 10.5. The van der Waals surface area contributed by atoms with Crippen LogP contribution in [0.2, 0.25) is 0 Å². The first-order chi connectivity index (χ1) is 6.50. The molecule has 14 heavy (non-hydrogen) atoms. The van der Waals surface area contributed by atoms with Gasteiger partial charge in [-0.05, 0) is 25.7 Å². The van der Waals surface area contributed by atoms with Gasteiger partial charge in [-0.2, -0.15) is 0 Å². The maximum atomic E-state index is 10.4. The van der Waals surface area contributed by atoms with E-state index in [1.165, 1.54) is 12.1 Å². The molecule has 0 aliphatic heterocycles. The minimum absolute atomic E-state index is 0.257. The second kappa shape index (κ2) is 4.06. The van der Waals surface area contributed by atoms with Crippen LogP contribution in [-0.2, 0) is 6.54 Å². The van der Waals surface area contributed by atoms with Crippen molar-refractivity contribution in [3.63, 3.8) is 0 Å². The highest BCUT2D eigenvalue weighted by Gasteiger charge is 2.12. The Kier molecular flexibility index (Phi) is 3.03. The molecule has 0 saturated heterocycles. The molecule has 0 aliphatic carbocycles. The molecule has 0 bridgehead atoms. The van der Waals surface area contributed by atoms with Crippen LogP contribution in [0.3, 0.4) is 0 Å². The molecule has 1 N–H and O–H groups in total. The second-order valence-corrected chi connectivity index (χ2v) is 3.32. The number of nitrogens with zero attached hydrogens (tertiary/aromatic N) is 2. The van der Waals surface area contributed by atoms with Crippen LogP contribution in [0.25, 0.3) is 0 Å². The Labute approximate surface area is 81.7 Å². The van der Waals surface area contributed by atoms with Gasteiger partial charge in [0.2, 0.25) is 0 Å². The molecule has 0 heterocycles. The van der Waals surface area contributed by atoms with Crippen molar-refractivity contribution >= 4 is 5.69 Å². The summed E-state index contributed by atoms with van der Waals surface area (Å²) in [5.41, 5.74) is 0.589. The lowest BCUT2D eigenvalue weighted by atomic mass is 10.2. The van der Waals surface area contributed by atoms with Gasteiger partial charge in [-0.25, -0.2) is 0 Å². The molecular weight excluding hydrogens is 184 g/mol. The Bertz CT molecular complexity index is 350. The van der Waals surface area contributed by atoms with Crippen molar-refractivity contribution in [2.24, 2.45) is 0 Å². The molecule has 1 aromatic carbocycles. The smallest absolute Gasteiger partial charge is 0.310 e. The monoisotopic (exact) mass is 196 g/mol. The van der Waals surface area contributed by atoms with Crippen molar-refractivity contribution in [1.29, 1.82) is 0 Å². The molecule has 5 nitrogen and oxygen atoms in total. The molecule has 1 rings (SSSR count). The molecular formula is C9H12N2O3. The van der Waals surface area contributed by atoms with Crippen LogP contribution < -0.4 is 0 Å². The summed E-state index contributed by atoms with van der Waals surface area (Å²) in [7, 11) is 3.77. The molecule has 0 unspecified atom stereocenters. The number of benzene rings is 1. The van der Waals surface area contributed by atoms with Crippen LogP contribution in [-0.4, -0.2) is 29.0 Å². The predicted octanol–water partition coefficient (Wildman–Crippen LogP) is 1.36. The van der Waals surface area contributed by atoms with Crippen LogP contribution in [0.15, 0.2) is 18.2 Å². The predicted molar refractivity (Wildman–Crippen MR) is 52.2 cm³/mol. The van der Waals surface area contributed by atoms with Crippen LogP contribution in [0.5, 0.6) is 5.75 Å². The minimum atomic E-state index is -0.602. The van der Waals surface area contributed by atoms with E-state index in [-0.39, 0.29) is 11.4 Å². The third-order valence-corrected chi connectivity index (χ3v) is 1.74. The van der Waals surface area contributed by atoms with Gasteiger partial charge in [-0.3, -0.25) is 10.1 Å². The zero-order valence-corrected chi connectivity index (χ0v) is 8.10. The van der Waals surface area contributed by atoms with Gasteiger partial charge in [0.1, 0.15) is 0 Å². The number of hydrogen-bond donors (Lipinski definition) is 1. The van der Waals surface area contributed by atoms with E-state index < -0.39 is 4.92 Å². The lowest BCUT2D eigenvalue weighted by molar-refractivity contribution is -0.385. The lowest BCUT2D eigenvalue weighted by Crippen LogP contribution is -2.10. The number of nitro benzene ring substituents is 1. The summed E-state index contributed by atoms with van der Waals surface area (Å²) < 4.78 is 0. The number of nitro groups is 1.